The quantitative estimate of drug-likeness (QED) is 0.416. The Morgan fingerprint density at radius 2 is 1.25 bits per heavy atom. The normalized spacial score (nSPS) is 10.6. The van der Waals surface area contributed by atoms with Crippen LogP contribution in [-0.4, -0.2) is 20.8 Å². The molecule has 0 radical (unpaired) electrons. The SMILES string of the molecule is Cc1cc(C)nc(Nc2ccccc2C(=O)N(Cc2ccccc2)Cc2ccccc2)n1. The first-order chi connectivity index (χ1) is 15.6. The molecule has 1 aromatic heterocycles. The Morgan fingerprint density at radius 3 is 1.81 bits per heavy atom. The van der Waals surface area contributed by atoms with E-state index in [0.717, 1.165) is 22.5 Å². The second-order valence-electron chi connectivity index (χ2n) is 7.78. The summed E-state index contributed by atoms with van der Waals surface area (Å²) >= 11 is 0. The first-order valence-corrected chi connectivity index (χ1v) is 10.6. The monoisotopic (exact) mass is 422 g/mol. The number of para-hydroxylation sites is 1. The van der Waals surface area contributed by atoms with E-state index in [1.165, 1.54) is 0 Å². The van der Waals surface area contributed by atoms with Gasteiger partial charge in [-0.1, -0.05) is 72.8 Å². The van der Waals surface area contributed by atoms with Crippen LogP contribution in [0.15, 0.2) is 91.0 Å². The molecule has 0 spiro atoms. The molecule has 32 heavy (non-hydrogen) atoms. The Morgan fingerprint density at radius 1 is 0.750 bits per heavy atom. The van der Waals surface area contributed by atoms with Crippen molar-refractivity contribution in [2.24, 2.45) is 0 Å². The maximum Gasteiger partial charge on any atom is 0.256 e. The lowest BCUT2D eigenvalue weighted by Gasteiger charge is -2.24. The van der Waals surface area contributed by atoms with E-state index in [9.17, 15) is 4.79 Å². The Hall–Kier alpha value is -3.99. The largest absolute Gasteiger partial charge is 0.330 e. The molecule has 0 saturated carbocycles. The van der Waals surface area contributed by atoms with Crippen molar-refractivity contribution in [1.29, 1.82) is 0 Å². The first kappa shape index (κ1) is 21.2. The average molecular weight is 423 g/mol. The van der Waals surface area contributed by atoms with Gasteiger partial charge in [-0.3, -0.25) is 4.79 Å². The number of carbonyl (C=O) groups is 1. The lowest BCUT2D eigenvalue weighted by molar-refractivity contribution is 0.0731. The zero-order valence-corrected chi connectivity index (χ0v) is 18.3. The van der Waals surface area contributed by atoms with Gasteiger partial charge in [0.1, 0.15) is 0 Å². The molecule has 160 valence electrons. The molecule has 5 heteroatoms. The molecule has 0 fully saturated rings. The van der Waals surface area contributed by atoms with Gasteiger partial charge in [0.25, 0.3) is 5.91 Å². The van der Waals surface area contributed by atoms with E-state index in [-0.39, 0.29) is 5.91 Å². The van der Waals surface area contributed by atoms with Gasteiger partial charge in [0.2, 0.25) is 5.95 Å². The molecule has 0 aliphatic carbocycles. The highest BCUT2D eigenvalue weighted by Crippen LogP contribution is 2.23. The zero-order chi connectivity index (χ0) is 22.3. The number of hydrogen-bond donors (Lipinski definition) is 1. The van der Waals surface area contributed by atoms with Gasteiger partial charge in [0.15, 0.2) is 0 Å². The Balaban J connectivity index is 1.65. The van der Waals surface area contributed by atoms with Crippen LogP contribution in [0.5, 0.6) is 0 Å². The van der Waals surface area contributed by atoms with Crippen molar-refractivity contribution in [1.82, 2.24) is 14.9 Å². The molecule has 5 nitrogen and oxygen atoms in total. The lowest BCUT2D eigenvalue weighted by atomic mass is 10.1. The van der Waals surface area contributed by atoms with Crippen LogP contribution < -0.4 is 5.32 Å². The van der Waals surface area contributed by atoms with Gasteiger partial charge in [-0.05, 0) is 43.2 Å². The summed E-state index contributed by atoms with van der Waals surface area (Å²) in [5, 5.41) is 3.25. The third kappa shape index (κ3) is 5.38. The molecule has 3 aromatic carbocycles. The third-order valence-corrected chi connectivity index (χ3v) is 5.11. The van der Waals surface area contributed by atoms with Gasteiger partial charge in [0, 0.05) is 24.5 Å². The number of nitrogens with zero attached hydrogens (tertiary/aromatic N) is 3. The highest BCUT2D eigenvalue weighted by atomic mass is 16.2. The van der Waals surface area contributed by atoms with E-state index in [1.807, 2.05) is 110 Å². The summed E-state index contributed by atoms with van der Waals surface area (Å²) in [6, 6.07) is 29.5. The standard InChI is InChI=1S/C27H26N4O/c1-20-17-21(2)29-27(28-20)30-25-16-10-9-15-24(25)26(32)31(18-22-11-5-3-6-12-22)19-23-13-7-4-8-14-23/h3-17H,18-19H2,1-2H3,(H,28,29,30). The molecule has 0 aliphatic heterocycles. The molecule has 4 aromatic rings. The number of anilines is 2. The van der Waals surface area contributed by atoms with Crippen molar-refractivity contribution < 1.29 is 4.79 Å². The molecule has 0 unspecified atom stereocenters. The predicted octanol–water partition coefficient (Wildman–Crippen LogP) is 5.68. The summed E-state index contributed by atoms with van der Waals surface area (Å²) in [7, 11) is 0. The number of rotatable bonds is 7. The number of carbonyl (C=O) groups excluding carboxylic acids is 1. The number of aryl methyl sites for hydroxylation is 2. The van der Waals surface area contributed by atoms with Gasteiger partial charge in [0.05, 0.1) is 11.3 Å². The van der Waals surface area contributed by atoms with Crippen molar-refractivity contribution in [3.8, 4) is 0 Å². The smallest absolute Gasteiger partial charge is 0.256 e. The molecule has 1 amide bonds. The van der Waals surface area contributed by atoms with Crippen LogP contribution in [-0.2, 0) is 13.1 Å². The number of benzene rings is 3. The van der Waals surface area contributed by atoms with Crippen LogP contribution in [0.2, 0.25) is 0 Å². The van der Waals surface area contributed by atoms with Crippen molar-refractivity contribution in [2.45, 2.75) is 26.9 Å². The summed E-state index contributed by atoms with van der Waals surface area (Å²) in [4.78, 5) is 24.5. The maximum absolute atomic E-state index is 13.7. The molecular weight excluding hydrogens is 396 g/mol. The van der Waals surface area contributed by atoms with E-state index in [0.29, 0.717) is 30.3 Å². The van der Waals surface area contributed by atoms with Crippen molar-refractivity contribution in [2.75, 3.05) is 5.32 Å². The highest BCUT2D eigenvalue weighted by Gasteiger charge is 2.20. The molecular formula is C27H26N4O. The zero-order valence-electron chi connectivity index (χ0n) is 18.3. The minimum absolute atomic E-state index is 0.0508. The van der Waals surface area contributed by atoms with E-state index in [2.05, 4.69) is 15.3 Å². The van der Waals surface area contributed by atoms with Crippen LogP contribution in [0.3, 0.4) is 0 Å². The minimum atomic E-state index is -0.0508. The molecule has 0 atom stereocenters. The Kier molecular flexibility index (Phi) is 6.56. The van der Waals surface area contributed by atoms with Crippen LogP contribution >= 0.6 is 0 Å². The fraction of sp³-hybridized carbons (Fsp3) is 0.148. The van der Waals surface area contributed by atoms with Crippen molar-refractivity contribution in [3.63, 3.8) is 0 Å². The fourth-order valence-electron chi connectivity index (χ4n) is 3.66. The van der Waals surface area contributed by atoms with Crippen LogP contribution in [0.25, 0.3) is 0 Å². The molecule has 1 N–H and O–H groups in total. The van der Waals surface area contributed by atoms with Crippen LogP contribution in [0.4, 0.5) is 11.6 Å². The van der Waals surface area contributed by atoms with Gasteiger partial charge in [-0.25, -0.2) is 9.97 Å². The van der Waals surface area contributed by atoms with Gasteiger partial charge in [-0.2, -0.15) is 0 Å². The third-order valence-electron chi connectivity index (χ3n) is 5.11. The predicted molar refractivity (Wildman–Crippen MR) is 128 cm³/mol. The maximum atomic E-state index is 13.7. The fourth-order valence-corrected chi connectivity index (χ4v) is 3.66. The highest BCUT2D eigenvalue weighted by molar-refractivity contribution is 6.00. The molecule has 0 saturated heterocycles. The Labute approximate surface area is 188 Å². The molecule has 1 heterocycles. The number of nitrogens with one attached hydrogen (secondary N) is 1. The van der Waals surface area contributed by atoms with Gasteiger partial charge >= 0.3 is 0 Å². The molecule has 0 aliphatic rings. The summed E-state index contributed by atoms with van der Waals surface area (Å²) < 4.78 is 0. The summed E-state index contributed by atoms with van der Waals surface area (Å²) in [6.07, 6.45) is 0. The summed E-state index contributed by atoms with van der Waals surface area (Å²) in [5.41, 5.74) is 5.19. The summed E-state index contributed by atoms with van der Waals surface area (Å²) in [6.45, 7) is 4.89. The number of hydrogen-bond acceptors (Lipinski definition) is 4. The van der Waals surface area contributed by atoms with Crippen LogP contribution in [0.1, 0.15) is 32.9 Å². The Bertz CT molecular complexity index is 1130. The van der Waals surface area contributed by atoms with E-state index >= 15 is 0 Å². The topological polar surface area (TPSA) is 58.1 Å². The first-order valence-electron chi connectivity index (χ1n) is 10.6. The molecule has 4 rings (SSSR count). The second-order valence-corrected chi connectivity index (χ2v) is 7.78. The lowest BCUT2D eigenvalue weighted by Crippen LogP contribution is -2.30. The van der Waals surface area contributed by atoms with Gasteiger partial charge in [-0.15, -0.1) is 0 Å². The van der Waals surface area contributed by atoms with Crippen LogP contribution in [0, 0.1) is 13.8 Å². The number of amides is 1. The van der Waals surface area contributed by atoms with E-state index < -0.39 is 0 Å². The van der Waals surface area contributed by atoms with E-state index in [1.54, 1.807) is 0 Å². The summed E-state index contributed by atoms with van der Waals surface area (Å²) in [5.74, 6) is 0.436. The van der Waals surface area contributed by atoms with Crippen molar-refractivity contribution >= 4 is 17.5 Å². The molecule has 0 bridgehead atoms. The van der Waals surface area contributed by atoms with E-state index in [4.69, 9.17) is 0 Å². The minimum Gasteiger partial charge on any atom is -0.330 e. The number of aromatic nitrogens is 2. The van der Waals surface area contributed by atoms with Crippen molar-refractivity contribution in [3.05, 3.63) is 119 Å². The average Bonchev–Trinajstić information content (AvgIpc) is 2.79. The van der Waals surface area contributed by atoms with Gasteiger partial charge < -0.3 is 10.2 Å². The second kappa shape index (κ2) is 9.88.